The third-order valence-corrected chi connectivity index (χ3v) is 23.7. The van der Waals surface area contributed by atoms with Gasteiger partial charge in [-0.15, -0.1) is 0 Å². The maximum absolute atomic E-state index is 12.4. The van der Waals surface area contributed by atoms with Gasteiger partial charge in [0.15, 0.2) is 34.2 Å². The van der Waals surface area contributed by atoms with Gasteiger partial charge in [-0.3, -0.25) is 28.8 Å². The number of hydrogen-bond donors (Lipinski definition) is 6. The van der Waals surface area contributed by atoms with Crippen molar-refractivity contribution in [1.82, 2.24) is 61.9 Å². The number of hydrogen-bond acceptors (Lipinski definition) is 30. The van der Waals surface area contributed by atoms with Crippen LogP contribution in [0.1, 0.15) is 95.5 Å². The summed E-state index contributed by atoms with van der Waals surface area (Å²) in [5, 5.41) is 64.0. The van der Waals surface area contributed by atoms with Gasteiger partial charge in [-0.05, 0) is 319 Å². The Morgan fingerprint density at radius 3 is 0.447 bits per heavy atom. The maximum Gasteiger partial charge on any atom is 0.258 e. The Morgan fingerprint density at radius 2 is 0.327 bits per heavy atom. The summed E-state index contributed by atoms with van der Waals surface area (Å²) in [5.41, 5.74) is 14.8. The van der Waals surface area contributed by atoms with E-state index >= 15 is 0 Å². The van der Waals surface area contributed by atoms with Crippen LogP contribution in [0, 0.1) is 41.5 Å². The number of carbonyl (C=O) groups is 6. The van der Waals surface area contributed by atoms with Gasteiger partial charge in [0.05, 0.1) is 106 Å². The van der Waals surface area contributed by atoms with Crippen molar-refractivity contribution in [3.8, 4) is 102 Å². The molecule has 762 valence electrons. The van der Waals surface area contributed by atoms with E-state index in [0.29, 0.717) is 97.7 Å². The number of halogens is 6. The van der Waals surface area contributed by atoms with Gasteiger partial charge in [-0.1, -0.05) is 179 Å². The molecule has 0 aliphatic rings. The van der Waals surface area contributed by atoms with Crippen LogP contribution < -0.4 is 60.3 Å². The highest BCUT2D eigenvalue weighted by Crippen LogP contribution is 2.38. The number of benzene rings is 13. The second-order valence-electron chi connectivity index (χ2n) is 31.6. The molecule has 19 rings (SSSR count). The van der Waals surface area contributed by atoms with Crippen molar-refractivity contribution in [3.05, 3.63) is 388 Å². The molecule has 0 bridgehead atoms. The smallest absolute Gasteiger partial charge is 0.258 e. The highest BCUT2D eigenvalue weighted by atomic mass is 35.5. The van der Waals surface area contributed by atoms with E-state index in [1.54, 1.807) is 188 Å². The summed E-state index contributed by atoms with van der Waals surface area (Å²) in [4.78, 5) is 74.2. The number of amides is 6. The lowest BCUT2D eigenvalue weighted by molar-refractivity contribution is 0.101. The van der Waals surface area contributed by atoms with Crippen molar-refractivity contribution in [1.29, 1.82) is 0 Å². The number of ether oxygens (including phenoxy) is 6. The second-order valence-corrected chi connectivity index (χ2v) is 34.1. The fourth-order valence-corrected chi connectivity index (χ4v) is 15.5. The van der Waals surface area contributed by atoms with Crippen molar-refractivity contribution < 1.29 is 85.0 Å². The molecule has 0 atom stereocenters. The van der Waals surface area contributed by atoms with Crippen LogP contribution in [0.5, 0.6) is 34.5 Å². The van der Waals surface area contributed by atoms with Gasteiger partial charge in [0.2, 0.25) is 34.9 Å². The van der Waals surface area contributed by atoms with Crippen molar-refractivity contribution in [2.75, 3.05) is 74.6 Å². The molecule has 0 fully saturated rings. The second kappa shape index (κ2) is 53.2. The zero-order valence-corrected chi connectivity index (χ0v) is 86.2. The summed E-state index contributed by atoms with van der Waals surface area (Å²) in [6.45, 7) is 11.5. The quantitative estimate of drug-likeness (QED) is 0.0327. The average molecular weight is 2140 g/mol. The van der Waals surface area contributed by atoms with Crippen LogP contribution >= 0.6 is 69.6 Å². The number of carbonyl (C=O) groups excluding carboxylic acids is 6. The van der Waals surface area contributed by atoms with Gasteiger partial charge in [-0.25, -0.2) is 27.8 Å². The summed E-state index contributed by atoms with van der Waals surface area (Å²) in [6.07, 6.45) is 0. The summed E-state index contributed by atoms with van der Waals surface area (Å²) in [7, 11) is 9.64. The molecule has 0 aliphatic carbocycles. The molecule has 6 heterocycles. The summed E-state index contributed by atoms with van der Waals surface area (Å²) >= 11 is 36.2. The Bertz CT molecular complexity index is 6770. The lowest BCUT2D eigenvalue weighted by atomic mass is 10.1. The first-order valence-corrected chi connectivity index (χ1v) is 47.1. The minimum absolute atomic E-state index is 0.226. The molecule has 0 spiro atoms. The van der Waals surface area contributed by atoms with Crippen LogP contribution in [-0.4, -0.2) is 140 Å². The van der Waals surface area contributed by atoms with Crippen LogP contribution in [0.2, 0.25) is 30.1 Å². The molecule has 0 aliphatic heterocycles. The van der Waals surface area contributed by atoms with Gasteiger partial charge in [-0.2, -0.15) is 0 Å². The maximum atomic E-state index is 12.4. The van der Waals surface area contributed by atoms with E-state index in [4.69, 9.17) is 126 Å². The van der Waals surface area contributed by atoms with E-state index < -0.39 is 0 Å². The predicted molar refractivity (Wildman–Crippen MR) is 569 cm³/mol. The predicted octanol–water partition coefficient (Wildman–Crippen LogP) is 25.4. The summed E-state index contributed by atoms with van der Waals surface area (Å²) in [6, 6.07) is 85.6. The van der Waals surface area contributed by atoms with Crippen LogP contribution in [0.25, 0.3) is 67.5 Å². The molecule has 36 nitrogen and oxygen atoms in total. The minimum atomic E-state index is -0.386. The fraction of sp³-hybridized carbons (Fsp3) is 0.111. The fourth-order valence-electron chi connectivity index (χ4n) is 14.2. The molecular formula is C108H90Cl6N18O18. The molecule has 6 N–H and O–H groups in total. The first-order valence-electron chi connectivity index (χ1n) is 44.8. The number of anilines is 6. The largest absolute Gasteiger partial charge is 0.496 e. The third kappa shape index (κ3) is 28.4. The van der Waals surface area contributed by atoms with Gasteiger partial charge in [0, 0.05) is 33.4 Å². The molecule has 0 unspecified atom stereocenters. The monoisotopic (exact) mass is 2140 g/mol. The number of methoxy groups -OCH3 is 6. The highest BCUT2D eigenvalue weighted by molar-refractivity contribution is 6.37. The number of nitrogens with zero attached hydrogens (tertiary/aromatic N) is 12. The molecule has 0 radical (unpaired) electrons. The van der Waals surface area contributed by atoms with E-state index in [1.165, 1.54) is 0 Å². The van der Waals surface area contributed by atoms with Crippen LogP contribution in [0.4, 0.5) is 34.9 Å². The average Bonchev–Trinajstić information content (AvgIpc) is 1.70. The van der Waals surface area contributed by atoms with Crippen molar-refractivity contribution in [2.45, 2.75) is 41.5 Å². The lowest BCUT2D eigenvalue weighted by Crippen LogP contribution is -2.13. The normalized spacial score (nSPS) is 10.4. The highest BCUT2D eigenvalue weighted by Gasteiger charge is 2.27. The van der Waals surface area contributed by atoms with Gasteiger partial charge in [0.25, 0.3) is 35.4 Å². The zero-order chi connectivity index (χ0) is 107. The molecule has 6 aromatic heterocycles. The number of rotatable bonds is 24. The Morgan fingerprint density at radius 1 is 0.193 bits per heavy atom. The molecule has 19 aromatic rings. The van der Waals surface area contributed by atoms with Crippen molar-refractivity contribution >= 4 is 140 Å². The Balaban J connectivity index is 0.000000148. The van der Waals surface area contributed by atoms with Crippen molar-refractivity contribution in [3.63, 3.8) is 0 Å². The number of nitrogens with one attached hydrogen (secondary N) is 6. The van der Waals surface area contributed by atoms with E-state index in [2.05, 4.69) is 93.8 Å². The molecule has 0 saturated carbocycles. The Hall–Kier alpha value is -17.9. The molecule has 6 amide bonds. The van der Waals surface area contributed by atoms with Gasteiger partial charge in [0.1, 0.15) is 34.5 Å². The minimum Gasteiger partial charge on any atom is -0.496 e. The Kier molecular flexibility index (Phi) is 38.8. The summed E-state index contributed by atoms with van der Waals surface area (Å²) in [5.74, 6) is 3.61. The number of aromatic nitrogens is 12. The third-order valence-electron chi connectivity index (χ3n) is 21.7. The van der Waals surface area contributed by atoms with Gasteiger partial charge < -0.3 is 60.3 Å². The van der Waals surface area contributed by atoms with E-state index in [0.717, 1.165) is 101 Å². The topological polar surface area (TPSA) is 463 Å². The van der Waals surface area contributed by atoms with Crippen LogP contribution in [0.15, 0.2) is 319 Å². The lowest BCUT2D eigenvalue weighted by Gasteiger charge is -2.07. The first-order chi connectivity index (χ1) is 72.6. The standard InChI is InChI=1S/6C17H14ClN3O3.C6H6/c6*1-10-9-11(7-8-14(10)23-2)15-16(21-24-20-15)19-17(22)12-5-3-4-6-13(12)18;1-2-4-6-5-3-1/h6*3-9H,1-2H3,(H,19,21,22);1-6H. The first kappa shape index (κ1) is 109. The van der Waals surface area contributed by atoms with Crippen LogP contribution in [-0.2, 0) is 0 Å². The van der Waals surface area contributed by atoms with Crippen LogP contribution in [0.3, 0.4) is 0 Å². The molecule has 150 heavy (non-hydrogen) atoms. The van der Waals surface area contributed by atoms with E-state index in [-0.39, 0.29) is 70.4 Å². The molecule has 0 saturated heterocycles. The van der Waals surface area contributed by atoms with E-state index in [9.17, 15) is 28.8 Å². The summed E-state index contributed by atoms with van der Waals surface area (Å²) < 4.78 is 60.1. The molecule has 42 heteroatoms. The zero-order valence-electron chi connectivity index (χ0n) is 81.7. The Labute approximate surface area is 887 Å². The molecular weight excluding hydrogens is 2050 g/mol. The SMILES string of the molecule is COc1ccc(-c2nonc2NC(=O)c2ccccc2Cl)cc1C.COc1ccc(-c2nonc2NC(=O)c2ccccc2Cl)cc1C.COc1ccc(-c2nonc2NC(=O)c2ccccc2Cl)cc1C.COc1ccc(-c2nonc2NC(=O)c2ccccc2Cl)cc1C.COc1ccc(-c2nonc2NC(=O)c2ccccc2Cl)cc1C.COc1ccc(-c2nonc2NC(=O)c2ccccc2Cl)cc1C.c1ccccc1. The number of aryl methyl sites for hydroxylation is 6. The van der Waals surface area contributed by atoms with E-state index in [1.807, 2.05) is 187 Å². The van der Waals surface area contributed by atoms with Gasteiger partial charge >= 0.3 is 0 Å². The van der Waals surface area contributed by atoms with Crippen molar-refractivity contribution in [2.24, 2.45) is 0 Å². The molecule has 13 aromatic carbocycles.